The van der Waals surface area contributed by atoms with Crippen LogP contribution in [0.2, 0.25) is 0 Å². The second-order valence-electron chi connectivity index (χ2n) is 4.94. The van der Waals surface area contributed by atoms with Gasteiger partial charge in [0.25, 0.3) is 0 Å². The number of pyridine rings is 1. The van der Waals surface area contributed by atoms with Crippen molar-refractivity contribution in [2.75, 3.05) is 13.1 Å². The summed E-state index contributed by atoms with van der Waals surface area (Å²) in [4.78, 5) is 4.78. The fourth-order valence-corrected chi connectivity index (χ4v) is 2.55. The minimum Gasteiger partial charge on any atom is -0.316 e. The number of benzene rings is 1. The minimum absolute atomic E-state index is 0.753. The van der Waals surface area contributed by atoms with Crippen LogP contribution in [-0.2, 0) is 6.42 Å². The molecule has 1 N–H and O–H groups in total. The SMILES string of the molecule is c1ccc(-c2cccc(C[C@@H]3CCNC3)n2)cc1. The van der Waals surface area contributed by atoms with Crippen LogP contribution in [0.15, 0.2) is 48.5 Å². The molecule has 1 aliphatic rings. The highest BCUT2D eigenvalue weighted by Crippen LogP contribution is 2.19. The lowest BCUT2D eigenvalue weighted by atomic mass is 10.0. The molecule has 0 aliphatic carbocycles. The van der Waals surface area contributed by atoms with Gasteiger partial charge in [-0.2, -0.15) is 0 Å². The Morgan fingerprint density at radius 3 is 2.72 bits per heavy atom. The van der Waals surface area contributed by atoms with Crippen LogP contribution in [0.25, 0.3) is 11.3 Å². The van der Waals surface area contributed by atoms with E-state index in [1.54, 1.807) is 0 Å². The summed E-state index contributed by atoms with van der Waals surface area (Å²) in [5, 5.41) is 3.41. The first-order valence-corrected chi connectivity index (χ1v) is 6.64. The monoisotopic (exact) mass is 238 g/mol. The van der Waals surface area contributed by atoms with Crippen molar-refractivity contribution < 1.29 is 0 Å². The minimum atomic E-state index is 0.753. The van der Waals surface area contributed by atoms with E-state index in [1.165, 1.54) is 17.7 Å². The standard InChI is InChI=1S/C16H18N2/c1-2-5-14(6-3-1)16-8-4-7-15(18-16)11-13-9-10-17-12-13/h1-8,13,17H,9-12H2/t13-/m0/s1. The number of rotatable bonds is 3. The Labute approximate surface area is 108 Å². The molecule has 18 heavy (non-hydrogen) atoms. The lowest BCUT2D eigenvalue weighted by Gasteiger charge is -2.09. The van der Waals surface area contributed by atoms with Crippen LogP contribution in [0.5, 0.6) is 0 Å². The molecule has 0 amide bonds. The van der Waals surface area contributed by atoms with Crippen molar-refractivity contribution in [2.45, 2.75) is 12.8 Å². The zero-order valence-corrected chi connectivity index (χ0v) is 10.5. The molecular formula is C16H18N2. The molecule has 0 unspecified atom stereocenters. The molecular weight excluding hydrogens is 220 g/mol. The van der Waals surface area contributed by atoms with Crippen molar-refractivity contribution in [1.29, 1.82) is 0 Å². The van der Waals surface area contributed by atoms with Crippen LogP contribution in [0, 0.1) is 5.92 Å². The molecule has 2 heterocycles. The summed E-state index contributed by atoms with van der Waals surface area (Å²) in [7, 11) is 0. The number of aromatic nitrogens is 1. The van der Waals surface area contributed by atoms with E-state index in [9.17, 15) is 0 Å². The second-order valence-corrected chi connectivity index (χ2v) is 4.94. The maximum atomic E-state index is 4.78. The quantitative estimate of drug-likeness (QED) is 0.889. The molecule has 0 saturated carbocycles. The second kappa shape index (κ2) is 5.32. The van der Waals surface area contributed by atoms with Crippen LogP contribution in [-0.4, -0.2) is 18.1 Å². The first-order valence-electron chi connectivity index (χ1n) is 6.64. The smallest absolute Gasteiger partial charge is 0.0705 e. The Hall–Kier alpha value is -1.67. The van der Waals surface area contributed by atoms with E-state index in [0.29, 0.717) is 0 Å². The van der Waals surface area contributed by atoms with Gasteiger partial charge in [0.2, 0.25) is 0 Å². The number of hydrogen-bond donors (Lipinski definition) is 1. The first-order chi connectivity index (χ1) is 8.92. The molecule has 92 valence electrons. The highest BCUT2D eigenvalue weighted by Gasteiger charge is 2.15. The van der Waals surface area contributed by atoms with Gasteiger partial charge in [-0.15, -0.1) is 0 Å². The van der Waals surface area contributed by atoms with Crippen LogP contribution in [0.3, 0.4) is 0 Å². The molecule has 2 nitrogen and oxygen atoms in total. The van der Waals surface area contributed by atoms with E-state index < -0.39 is 0 Å². The van der Waals surface area contributed by atoms with Gasteiger partial charge < -0.3 is 5.32 Å². The Morgan fingerprint density at radius 1 is 1.06 bits per heavy atom. The van der Waals surface area contributed by atoms with Gasteiger partial charge in [0.1, 0.15) is 0 Å². The highest BCUT2D eigenvalue weighted by molar-refractivity contribution is 5.58. The predicted octanol–water partition coefficient (Wildman–Crippen LogP) is 2.90. The van der Waals surface area contributed by atoms with E-state index in [4.69, 9.17) is 4.98 Å². The van der Waals surface area contributed by atoms with Gasteiger partial charge in [-0.05, 0) is 44.0 Å². The fourth-order valence-electron chi connectivity index (χ4n) is 2.55. The molecule has 2 heteroatoms. The van der Waals surface area contributed by atoms with E-state index >= 15 is 0 Å². The molecule has 1 aromatic heterocycles. The molecule has 1 fully saturated rings. The lowest BCUT2D eigenvalue weighted by Crippen LogP contribution is -2.11. The molecule has 1 aromatic carbocycles. The van der Waals surface area contributed by atoms with E-state index in [1.807, 2.05) is 6.07 Å². The summed E-state index contributed by atoms with van der Waals surface area (Å²) in [6.45, 7) is 2.29. The summed E-state index contributed by atoms with van der Waals surface area (Å²) in [5.41, 5.74) is 3.49. The third kappa shape index (κ3) is 2.59. The maximum Gasteiger partial charge on any atom is 0.0705 e. The van der Waals surface area contributed by atoms with Crippen molar-refractivity contribution in [3.8, 4) is 11.3 Å². The molecule has 0 bridgehead atoms. The number of nitrogens with one attached hydrogen (secondary N) is 1. The maximum absolute atomic E-state index is 4.78. The molecule has 2 aromatic rings. The van der Waals surface area contributed by atoms with Crippen LogP contribution in [0.1, 0.15) is 12.1 Å². The summed E-state index contributed by atoms with van der Waals surface area (Å²) in [6.07, 6.45) is 2.37. The van der Waals surface area contributed by atoms with Gasteiger partial charge >= 0.3 is 0 Å². The van der Waals surface area contributed by atoms with Crippen LogP contribution < -0.4 is 5.32 Å². The van der Waals surface area contributed by atoms with Gasteiger partial charge in [-0.25, -0.2) is 0 Å². The van der Waals surface area contributed by atoms with Crippen molar-refractivity contribution in [3.05, 3.63) is 54.2 Å². The van der Waals surface area contributed by atoms with Crippen molar-refractivity contribution >= 4 is 0 Å². The Morgan fingerprint density at radius 2 is 1.94 bits per heavy atom. The summed E-state index contributed by atoms with van der Waals surface area (Å²) in [6, 6.07) is 16.7. The zero-order chi connectivity index (χ0) is 12.2. The van der Waals surface area contributed by atoms with Crippen molar-refractivity contribution in [1.82, 2.24) is 10.3 Å². The van der Waals surface area contributed by atoms with E-state index in [0.717, 1.165) is 31.1 Å². The van der Waals surface area contributed by atoms with Gasteiger partial charge in [-0.1, -0.05) is 36.4 Å². The predicted molar refractivity (Wildman–Crippen MR) is 74.4 cm³/mol. The van der Waals surface area contributed by atoms with Gasteiger partial charge in [0.05, 0.1) is 5.69 Å². The van der Waals surface area contributed by atoms with Crippen LogP contribution >= 0.6 is 0 Å². The number of hydrogen-bond acceptors (Lipinski definition) is 2. The molecule has 1 aliphatic heterocycles. The molecule has 1 saturated heterocycles. The summed E-state index contributed by atoms with van der Waals surface area (Å²) >= 11 is 0. The normalized spacial score (nSPS) is 19.0. The summed E-state index contributed by atoms with van der Waals surface area (Å²) in [5.74, 6) is 0.753. The topological polar surface area (TPSA) is 24.9 Å². The Kier molecular flexibility index (Phi) is 3.37. The van der Waals surface area contributed by atoms with Crippen LogP contribution in [0.4, 0.5) is 0 Å². The highest BCUT2D eigenvalue weighted by atomic mass is 14.9. The van der Waals surface area contributed by atoms with E-state index in [2.05, 4.69) is 47.8 Å². The summed E-state index contributed by atoms with van der Waals surface area (Å²) < 4.78 is 0. The number of nitrogens with zero attached hydrogens (tertiary/aromatic N) is 1. The Balaban J connectivity index is 1.80. The van der Waals surface area contributed by atoms with Gasteiger partial charge in [-0.3, -0.25) is 4.98 Å². The molecule has 3 rings (SSSR count). The average molecular weight is 238 g/mol. The van der Waals surface area contributed by atoms with Gasteiger partial charge in [0.15, 0.2) is 0 Å². The van der Waals surface area contributed by atoms with Crippen molar-refractivity contribution in [3.63, 3.8) is 0 Å². The Bertz CT molecular complexity index is 502. The van der Waals surface area contributed by atoms with E-state index in [-0.39, 0.29) is 0 Å². The lowest BCUT2D eigenvalue weighted by molar-refractivity contribution is 0.572. The van der Waals surface area contributed by atoms with Crippen molar-refractivity contribution in [2.24, 2.45) is 5.92 Å². The van der Waals surface area contributed by atoms with Gasteiger partial charge in [0, 0.05) is 11.3 Å². The fraction of sp³-hybridized carbons (Fsp3) is 0.312. The molecule has 0 radical (unpaired) electrons. The molecule has 0 spiro atoms. The average Bonchev–Trinajstić information content (AvgIpc) is 2.93. The third-order valence-corrected chi connectivity index (χ3v) is 3.54. The molecule has 1 atom stereocenters. The first kappa shape index (κ1) is 11.4. The largest absolute Gasteiger partial charge is 0.316 e. The third-order valence-electron chi connectivity index (χ3n) is 3.54. The zero-order valence-electron chi connectivity index (χ0n) is 10.5.